The van der Waals surface area contributed by atoms with Crippen LogP contribution in [0.1, 0.15) is 42.5 Å². The summed E-state index contributed by atoms with van der Waals surface area (Å²) in [5.74, 6) is -1.18. The van der Waals surface area contributed by atoms with Crippen molar-refractivity contribution in [2.45, 2.75) is 43.0 Å². The van der Waals surface area contributed by atoms with Crippen molar-refractivity contribution in [1.82, 2.24) is 4.31 Å². The molecule has 0 atom stereocenters. The zero-order valence-electron chi connectivity index (χ0n) is 15.5. The lowest BCUT2D eigenvalue weighted by atomic mass is 9.96. The number of hydrogen-bond donors (Lipinski definition) is 1. The normalized spacial score (nSPS) is 15.6. The Kier molecular flexibility index (Phi) is 6.37. The minimum absolute atomic E-state index is 0.00290. The van der Waals surface area contributed by atoms with Gasteiger partial charge < -0.3 is 5.32 Å². The monoisotopic (exact) mass is 424 g/mol. The summed E-state index contributed by atoms with van der Waals surface area (Å²) in [4.78, 5) is 12.5. The third kappa shape index (κ3) is 4.54. The molecule has 0 bridgehead atoms. The molecule has 2 aromatic rings. The topological polar surface area (TPSA) is 66.5 Å². The summed E-state index contributed by atoms with van der Waals surface area (Å²) in [7, 11) is -2.02. The van der Waals surface area contributed by atoms with Gasteiger partial charge in [0.15, 0.2) is 0 Å². The second-order valence-corrected chi connectivity index (χ2v) is 9.35. The first-order chi connectivity index (χ1) is 13.3. The highest BCUT2D eigenvalue weighted by molar-refractivity contribution is 7.89. The minimum atomic E-state index is -3.62. The fourth-order valence-electron chi connectivity index (χ4n) is 3.37. The van der Waals surface area contributed by atoms with E-state index in [1.165, 1.54) is 40.7 Å². The first kappa shape index (κ1) is 20.8. The summed E-state index contributed by atoms with van der Waals surface area (Å²) in [6.45, 7) is 0. The van der Waals surface area contributed by atoms with Crippen LogP contribution in [0, 0.1) is 5.82 Å². The van der Waals surface area contributed by atoms with E-state index in [1.807, 2.05) is 0 Å². The summed E-state index contributed by atoms with van der Waals surface area (Å²) in [6.07, 6.45) is 4.93. The van der Waals surface area contributed by atoms with Crippen LogP contribution in [-0.4, -0.2) is 31.7 Å². The Bertz CT molecular complexity index is 958. The molecule has 8 heteroatoms. The van der Waals surface area contributed by atoms with E-state index in [0.29, 0.717) is 0 Å². The second kappa shape index (κ2) is 8.59. The number of nitrogens with zero attached hydrogens (tertiary/aromatic N) is 1. The van der Waals surface area contributed by atoms with Gasteiger partial charge in [-0.1, -0.05) is 30.9 Å². The summed E-state index contributed by atoms with van der Waals surface area (Å²) in [6, 6.07) is 9.60. The quantitative estimate of drug-likeness (QED) is 0.757. The maximum Gasteiger partial charge on any atom is 0.255 e. The molecule has 1 aliphatic rings. The van der Waals surface area contributed by atoms with E-state index in [2.05, 4.69) is 5.32 Å². The standard InChI is InChI=1S/C20H22ClFN2O3S/c1-24(16-5-3-2-4-6-16)28(26,27)17-10-7-14(8-11-17)20(25)23-19-12-9-15(21)13-18(19)22/h7-13,16H,2-6H2,1H3,(H,23,25). The van der Waals surface area contributed by atoms with Gasteiger partial charge in [-0.05, 0) is 55.3 Å². The van der Waals surface area contributed by atoms with Gasteiger partial charge in [-0.25, -0.2) is 12.8 Å². The third-order valence-corrected chi connectivity index (χ3v) is 7.22. The highest BCUT2D eigenvalue weighted by atomic mass is 35.5. The number of benzene rings is 2. The lowest BCUT2D eigenvalue weighted by Gasteiger charge is -2.30. The second-order valence-electron chi connectivity index (χ2n) is 6.92. The molecule has 1 amide bonds. The van der Waals surface area contributed by atoms with Crippen molar-refractivity contribution < 1.29 is 17.6 Å². The number of sulfonamides is 1. The van der Waals surface area contributed by atoms with Crippen molar-refractivity contribution in [3.8, 4) is 0 Å². The maximum absolute atomic E-state index is 13.8. The van der Waals surface area contributed by atoms with Crippen LogP contribution in [0.4, 0.5) is 10.1 Å². The van der Waals surface area contributed by atoms with E-state index in [4.69, 9.17) is 11.6 Å². The fourth-order valence-corrected chi connectivity index (χ4v) is 4.95. The van der Waals surface area contributed by atoms with Gasteiger partial charge in [0.1, 0.15) is 5.82 Å². The molecule has 0 radical (unpaired) electrons. The molecule has 5 nitrogen and oxygen atoms in total. The van der Waals surface area contributed by atoms with Crippen LogP contribution in [-0.2, 0) is 10.0 Å². The number of halogens is 2. The average molecular weight is 425 g/mol. The van der Waals surface area contributed by atoms with Crippen molar-refractivity contribution in [2.24, 2.45) is 0 Å². The van der Waals surface area contributed by atoms with Crippen molar-refractivity contribution in [3.05, 3.63) is 58.9 Å². The van der Waals surface area contributed by atoms with Crippen LogP contribution in [0.3, 0.4) is 0 Å². The number of anilines is 1. The van der Waals surface area contributed by atoms with Crippen molar-refractivity contribution in [3.63, 3.8) is 0 Å². The van der Waals surface area contributed by atoms with E-state index in [1.54, 1.807) is 7.05 Å². The number of amides is 1. The van der Waals surface area contributed by atoms with Crippen LogP contribution in [0.2, 0.25) is 5.02 Å². The van der Waals surface area contributed by atoms with Crippen molar-refractivity contribution in [1.29, 1.82) is 0 Å². The van der Waals surface area contributed by atoms with Gasteiger partial charge in [-0.15, -0.1) is 0 Å². The Balaban J connectivity index is 1.74. The van der Waals surface area contributed by atoms with E-state index in [0.717, 1.165) is 38.2 Å². The number of hydrogen-bond acceptors (Lipinski definition) is 3. The van der Waals surface area contributed by atoms with Gasteiger partial charge in [-0.2, -0.15) is 4.31 Å². The molecule has 3 rings (SSSR count). The summed E-state index contributed by atoms with van der Waals surface area (Å²) < 4.78 is 41.0. The molecule has 28 heavy (non-hydrogen) atoms. The Hall–Kier alpha value is -1.96. The molecule has 0 spiro atoms. The molecular weight excluding hydrogens is 403 g/mol. The van der Waals surface area contributed by atoms with Crippen molar-refractivity contribution >= 4 is 33.2 Å². The van der Waals surface area contributed by atoms with Gasteiger partial charge in [0, 0.05) is 23.7 Å². The van der Waals surface area contributed by atoms with Crippen molar-refractivity contribution in [2.75, 3.05) is 12.4 Å². The van der Waals surface area contributed by atoms with Gasteiger partial charge in [0.05, 0.1) is 10.6 Å². The third-order valence-electron chi connectivity index (χ3n) is 5.06. The molecule has 0 aromatic heterocycles. The molecule has 0 heterocycles. The zero-order chi connectivity index (χ0) is 20.3. The van der Waals surface area contributed by atoms with Crippen LogP contribution >= 0.6 is 11.6 Å². The highest BCUT2D eigenvalue weighted by Gasteiger charge is 2.29. The molecule has 150 valence electrons. The number of nitrogens with one attached hydrogen (secondary N) is 1. The summed E-state index contributed by atoms with van der Waals surface area (Å²) >= 11 is 5.70. The fraction of sp³-hybridized carbons (Fsp3) is 0.350. The largest absolute Gasteiger partial charge is 0.319 e. The minimum Gasteiger partial charge on any atom is -0.319 e. The van der Waals surface area contributed by atoms with Gasteiger partial charge in [0.2, 0.25) is 10.0 Å². The molecule has 0 saturated heterocycles. The summed E-state index contributed by atoms with van der Waals surface area (Å²) in [5, 5.41) is 2.68. The number of carbonyl (C=O) groups excluding carboxylic acids is 1. The predicted octanol–water partition coefficient (Wildman–Crippen LogP) is 4.68. The Morgan fingerprint density at radius 2 is 1.75 bits per heavy atom. The number of carbonyl (C=O) groups is 1. The molecular formula is C20H22ClFN2O3S. The van der Waals surface area contributed by atoms with Crippen LogP contribution < -0.4 is 5.32 Å². The van der Waals surface area contributed by atoms with Gasteiger partial charge >= 0.3 is 0 Å². The first-order valence-corrected chi connectivity index (χ1v) is 11.0. The van der Waals surface area contributed by atoms with Crippen LogP contribution in [0.5, 0.6) is 0 Å². The number of rotatable bonds is 5. The summed E-state index contributed by atoms with van der Waals surface area (Å²) in [5.41, 5.74) is 0.233. The lowest BCUT2D eigenvalue weighted by Crippen LogP contribution is -2.38. The van der Waals surface area contributed by atoms with E-state index in [-0.39, 0.29) is 27.2 Å². The van der Waals surface area contributed by atoms with Gasteiger partial charge in [-0.3, -0.25) is 4.79 Å². The molecule has 2 aromatic carbocycles. The predicted molar refractivity (Wildman–Crippen MR) is 108 cm³/mol. The molecule has 0 unspecified atom stereocenters. The molecule has 1 fully saturated rings. The van der Waals surface area contributed by atoms with E-state index >= 15 is 0 Å². The molecule has 0 aliphatic heterocycles. The average Bonchev–Trinajstić information content (AvgIpc) is 2.70. The smallest absolute Gasteiger partial charge is 0.255 e. The van der Waals surface area contributed by atoms with Gasteiger partial charge in [0.25, 0.3) is 5.91 Å². The lowest BCUT2D eigenvalue weighted by molar-refractivity contribution is 0.102. The zero-order valence-corrected chi connectivity index (χ0v) is 17.1. The first-order valence-electron chi connectivity index (χ1n) is 9.13. The van der Waals surface area contributed by atoms with Crippen LogP contribution in [0.15, 0.2) is 47.4 Å². The van der Waals surface area contributed by atoms with E-state index < -0.39 is 21.7 Å². The Morgan fingerprint density at radius 1 is 1.11 bits per heavy atom. The Labute approximate surface area is 169 Å². The highest BCUT2D eigenvalue weighted by Crippen LogP contribution is 2.27. The SMILES string of the molecule is CN(C1CCCCC1)S(=O)(=O)c1ccc(C(=O)Nc2ccc(Cl)cc2F)cc1. The molecule has 1 N–H and O–H groups in total. The molecule has 1 saturated carbocycles. The molecule has 1 aliphatic carbocycles. The van der Waals surface area contributed by atoms with Crippen LogP contribution in [0.25, 0.3) is 0 Å². The van der Waals surface area contributed by atoms with E-state index in [9.17, 15) is 17.6 Å². The maximum atomic E-state index is 13.8. The Morgan fingerprint density at radius 3 is 2.36 bits per heavy atom.